The molecule has 0 atom stereocenters. The molecular weight excluding hydrogens is 329 g/mol. The van der Waals surface area contributed by atoms with Crippen molar-refractivity contribution < 1.29 is 37.7 Å². The lowest BCUT2D eigenvalue weighted by Crippen LogP contribution is -2.07. The molecule has 0 unspecified atom stereocenters. The van der Waals surface area contributed by atoms with Crippen LogP contribution >= 0.6 is 11.6 Å². The van der Waals surface area contributed by atoms with Crippen LogP contribution in [0.5, 0.6) is 5.75 Å². The molecule has 0 saturated carbocycles. The smallest absolute Gasteiger partial charge is 0.416 e. The largest absolute Gasteiger partial charge is 0.493 e. The fraction of sp³-hybridized carbons (Fsp3) is 0.385. The van der Waals surface area contributed by atoms with E-state index in [4.69, 9.17) is 26.6 Å². The number of benzene rings is 1. The van der Waals surface area contributed by atoms with Crippen LogP contribution in [0.3, 0.4) is 0 Å². The zero-order valence-electron chi connectivity index (χ0n) is 11.3. The second-order valence-electron chi connectivity index (χ2n) is 3.85. The molecule has 0 aliphatic carbocycles. The third-order valence-electron chi connectivity index (χ3n) is 2.05. The molecule has 0 aromatic heterocycles. The lowest BCUT2D eigenvalue weighted by Gasteiger charge is -2.09. The van der Waals surface area contributed by atoms with E-state index in [-0.39, 0.29) is 31.1 Å². The second-order valence-corrected chi connectivity index (χ2v) is 4.23. The molecule has 0 bridgehead atoms. The Morgan fingerprint density at radius 1 is 1.14 bits per heavy atom. The van der Waals surface area contributed by atoms with Crippen LogP contribution in [0.4, 0.5) is 13.2 Å². The van der Waals surface area contributed by atoms with Gasteiger partial charge in [0.15, 0.2) is 0 Å². The Kier molecular flexibility index (Phi) is 9.00. The number of rotatable bonds is 6. The second kappa shape index (κ2) is 9.88. The maximum atomic E-state index is 12.3. The minimum Gasteiger partial charge on any atom is -0.493 e. The van der Waals surface area contributed by atoms with E-state index in [1.807, 2.05) is 0 Å². The predicted octanol–water partition coefficient (Wildman–Crippen LogP) is 3.26. The summed E-state index contributed by atoms with van der Waals surface area (Å²) in [6.07, 6.45) is -4.62. The maximum absolute atomic E-state index is 12.3. The molecule has 22 heavy (non-hydrogen) atoms. The van der Waals surface area contributed by atoms with Crippen LogP contribution in [-0.4, -0.2) is 34.6 Å². The first-order chi connectivity index (χ1) is 10.2. The molecular formula is C13H14ClF3O5. The number of carboxylic acid groups (broad SMARTS) is 2. The summed E-state index contributed by atoms with van der Waals surface area (Å²) < 4.78 is 41.7. The topological polar surface area (TPSA) is 83.8 Å². The van der Waals surface area contributed by atoms with E-state index in [2.05, 4.69) is 0 Å². The number of carbonyl (C=O) groups is 2. The van der Waals surface area contributed by atoms with E-state index in [1.165, 1.54) is 12.1 Å². The first-order valence-corrected chi connectivity index (χ1v) is 6.50. The predicted molar refractivity (Wildman–Crippen MR) is 72.2 cm³/mol. The molecule has 0 amide bonds. The summed E-state index contributed by atoms with van der Waals surface area (Å²) in [7, 11) is 0. The van der Waals surface area contributed by atoms with Gasteiger partial charge in [0.1, 0.15) is 5.75 Å². The summed E-state index contributed by atoms with van der Waals surface area (Å²) in [6.45, 7) is -0.156. The van der Waals surface area contributed by atoms with Crippen LogP contribution in [0, 0.1) is 0 Å². The summed E-state index contributed by atoms with van der Waals surface area (Å²) in [5, 5.41) is 16.1. The molecule has 1 rings (SSSR count). The molecule has 1 aromatic rings. The summed E-state index contributed by atoms with van der Waals surface area (Å²) in [4.78, 5) is 19.7. The van der Waals surface area contributed by atoms with Crippen molar-refractivity contribution in [3.05, 3.63) is 29.8 Å². The normalized spacial score (nSPS) is 10.4. The quantitative estimate of drug-likeness (QED) is 0.775. The molecule has 0 aliphatic heterocycles. The van der Waals surface area contributed by atoms with E-state index in [1.54, 1.807) is 0 Å². The number of carboxylic acids is 2. The van der Waals surface area contributed by atoms with Gasteiger partial charge < -0.3 is 14.9 Å². The van der Waals surface area contributed by atoms with Crippen LogP contribution in [0.1, 0.15) is 18.4 Å². The minimum absolute atomic E-state index is 0.0103. The van der Waals surface area contributed by atoms with Gasteiger partial charge >= 0.3 is 18.1 Å². The summed E-state index contributed by atoms with van der Waals surface area (Å²) in [6, 6.07) is 4.31. The molecule has 0 heterocycles. The van der Waals surface area contributed by atoms with Gasteiger partial charge in [-0.15, -0.1) is 11.6 Å². The van der Waals surface area contributed by atoms with E-state index < -0.39 is 23.7 Å². The van der Waals surface area contributed by atoms with Crippen molar-refractivity contribution in [1.29, 1.82) is 0 Å². The number of ether oxygens (including phenoxy) is 1. The van der Waals surface area contributed by atoms with Gasteiger partial charge in [-0.05, 0) is 18.2 Å². The van der Waals surface area contributed by atoms with Gasteiger partial charge in [0.25, 0.3) is 0 Å². The summed E-state index contributed by atoms with van der Waals surface area (Å²) >= 11 is 5.02. The molecule has 0 radical (unpaired) electrons. The van der Waals surface area contributed by atoms with E-state index in [0.29, 0.717) is 0 Å². The molecule has 0 fully saturated rings. The van der Waals surface area contributed by atoms with Crippen LogP contribution in [0.15, 0.2) is 24.3 Å². The standard InChI is InChI=1S/C10H9F3O3.C3H5ClO2/c11-10(12,13)7-2-1-3-8(6-7)16-5-4-9(14)15;4-2-1-3(5)6/h1-3,6H,4-5H2,(H,14,15);1-2H2,(H,5,6). The Balaban J connectivity index is 0.000000626. The van der Waals surface area contributed by atoms with Crippen LogP contribution in [0.2, 0.25) is 0 Å². The Hall–Kier alpha value is -1.96. The molecule has 0 aliphatic rings. The molecule has 1 aromatic carbocycles. The average Bonchev–Trinajstić information content (AvgIpc) is 2.38. The first kappa shape index (κ1) is 20.0. The summed E-state index contributed by atoms with van der Waals surface area (Å²) in [5.41, 5.74) is -0.819. The van der Waals surface area contributed by atoms with Gasteiger partial charge in [0, 0.05) is 5.88 Å². The highest BCUT2D eigenvalue weighted by molar-refractivity contribution is 6.18. The molecule has 2 N–H and O–H groups in total. The SMILES string of the molecule is O=C(O)CCCl.O=C(O)CCOc1cccc(C(F)(F)F)c1. The highest BCUT2D eigenvalue weighted by Crippen LogP contribution is 2.31. The van der Waals surface area contributed by atoms with E-state index >= 15 is 0 Å². The van der Waals surface area contributed by atoms with Crippen molar-refractivity contribution in [3.8, 4) is 5.75 Å². The van der Waals surface area contributed by atoms with Crippen LogP contribution in [-0.2, 0) is 15.8 Å². The van der Waals surface area contributed by atoms with E-state index in [0.717, 1.165) is 12.1 Å². The highest BCUT2D eigenvalue weighted by Gasteiger charge is 2.30. The van der Waals surface area contributed by atoms with Gasteiger partial charge in [-0.1, -0.05) is 6.07 Å². The van der Waals surface area contributed by atoms with Crippen LogP contribution < -0.4 is 4.74 Å². The fourth-order valence-corrected chi connectivity index (χ4v) is 1.26. The van der Waals surface area contributed by atoms with Gasteiger partial charge in [0.2, 0.25) is 0 Å². The number of hydrogen-bond acceptors (Lipinski definition) is 3. The lowest BCUT2D eigenvalue weighted by molar-refractivity contribution is -0.139. The third-order valence-corrected chi connectivity index (χ3v) is 2.24. The molecule has 0 saturated heterocycles. The van der Waals surface area contributed by atoms with E-state index in [9.17, 15) is 22.8 Å². The van der Waals surface area contributed by atoms with Crippen LogP contribution in [0.25, 0.3) is 0 Å². The van der Waals surface area contributed by atoms with Gasteiger partial charge in [0.05, 0.1) is 25.0 Å². The minimum atomic E-state index is -4.42. The van der Waals surface area contributed by atoms with Crippen molar-refractivity contribution in [1.82, 2.24) is 0 Å². The number of halogens is 4. The molecule has 9 heteroatoms. The molecule has 5 nitrogen and oxygen atoms in total. The van der Waals surface area contributed by atoms with Crippen molar-refractivity contribution in [3.63, 3.8) is 0 Å². The number of alkyl halides is 4. The first-order valence-electron chi connectivity index (χ1n) is 5.96. The van der Waals surface area contributed by atoms with Crippen molar-refractivity contribution in [2.24, 2.45) is 0 Å². The Morgan fingerprint density at radius 2 is 1.73 bits per heavy atom. The fourth-order valence-electron chi connectivity index (χ4n) is 1.10. The third kappa shape index (κ3) is 9.87. The zero-order chi connectivity index (χ0) is 17.2. The monoisotopic (exact) mass is 342 g/mol. The van der Waals surface area contributed by atoms with Crippen molar-refractivity contribution >= 4 is 23.5 Å². The Morgan fingerprint density at radius 3 is 2.14 bits per heavy atom. The highest BCUT2D eigenvalue weighted by atomic mass is 35.5. The van der Waals surface area contributed by atoms with Gasteiger partial charge in [-0.2, -0.15) is 13.2 Å². The molecule has 0 spiro atoms. The van der Waals surface area contributed by atoms with Crippen molar-refractivity contribution in [2.75, 3.05) is 12.5 Å². The Labute approximate surface area is 129 Å². The van der Waals surface area contributed by atoms with Crippen molar-refractivity contribution in [2.45, 2.75) is 19.0 Å². The lowest BCUT2D eigenvalue weighted by atomic mass is 10.2. The van der Waals surface area contributed by atoms with Gasteiger partial charge in [-0.3, -0.25) is 9.59 Å². The maximum Gasteiger partial charge on any atom is 0.416 e. The number of aliphatic carboxylic acids is 2. The average molecular weight is 343 g/mol. The van der Waals surface area contributed by atoms with Gasteiger partial charge in [-0.25, -0.2) is 0 Å². The Bertz CT molecular complexity index is 491. The summed E-state index contributed by atoms with van der Waals surface area (Å²) in [5.74, 6) is -1.69. The zero-order valence-corrected chi connectivity index (χ0v) is 12.0. The number of hydrogen-bond donors (Lipinski definition) is 2. The molecule has 124 valence electrons.